The molecule has 0 radical (unpaired) electrons. The fourth-order valence-corrected chi connectivity index (χ4v) is 3.26. The molecule has 0 spiro atoms. The third-order valence-electron chi connectivity index (χ3n) is 3.30. The van der Waals surface area contributed by atoms with Crippen molar-refractivity contribution in [3.8, 4) is 5.75 Å². The zero-order valence-corrected chi connectivity index (χ0v) is 14.8. The van der Waals surface area contributed by atoms with Gasteiger partial charge < -0.3 is 9.84 Å². The molecule has 0 atom stereocenters. The van der Waals surface area contributed by atoms with Crippen molar-refractivity contribution in [2.24, 2.45) is 0 Å². The summed E-state index contributed by atoms with van der Waals surface area (Å²) in [6.07, 6.45) is 0.583. The lowest BCUT2D eigenvalue weighted by Gasteiger charge is -2.14. The summed E-state index contributed by atoms with van der Waals surface area (Å²) in [5.41, 5.74) is -0.386. The molecule has 132 valence electrons. The molecule has 8 heteroatoms. The molecule has 0 saturated carbocycles. The molecule has 2 aromatic rings. The monoisotopic (exact) mass is 382 g/mol. The van der Waals surface area contributed by atoms with Crippen molar-refractivity contribution in [1.29, 1.82) is 0 Å². The van der Waals surface area contributed by atoms with Crippen LogP contribution in [0.25, 0.3) is 0 Å². The van der Waals surface area contributed by atoms with Gasteiger partial charge in [-0.3, -0.25) is 4.79 Å². The number of rotatable bonds is 7. The van der Waals surface area contributed by atoms with Gasteiger partial charge in [0.05, 0.1) is 22.6 Å². The van der Waals surface area contributed by atoms with Crippen LogP contribution in [0.4, 0.5) is 0 Å². The van der Waals surface area contributed by atoms with E-state index < -0.39 is 25.7 Å². The van der Waals surface area contributed by atoms with Crippen LogP contribution in [0.5, 0.6) is 5.75 Å². The Hall–Kier alpha value is -2.38. The van der Waals surface area contributed by atoms with Gasteiger partial charge in [-0.1, -0.05) is 37.3 Å². The second-order valence-electron chi connectivity index (χ2n) is 5.13. The Morgan fingerprint density at radius 3 is 2.28 bits per heavy atom. The van der Waals surface area contributed by atoms with E-state index in [0.717, 1.165) is 12.1 Å². The van der Waals surface area contributed by atoms with Gasteiger partial charge in [0.2, 0.25) is 0 Å². The highest BCUT2D eigenvalue weighted by Crippen LogP contribution is 2.32. The molecule has 0 heterocycles. The number of ether oxygens (including phenoxy) is 1. The molecule has 0 aliphatic heterocycles. The van der Waals surface area contributed by atoms with Gasteiger partial charge in [-0.15, -0.1) is 0 Å². The van der Waals surface area contributed by atoms with Crippen molar-refractivity contribution in [2.45, 2.75) is 18.2 Å². The van der Waals surface area contributed by atoms with Crippen LogP contribution in [0.1, 0.15) is 39.6 Å². The minimum atomic E-state index is -4.38. The molecular weight excluding hydrogens is 368 g/mol. The normalized spacial score (nSPS) is 11.1. The summed E-state index contributed by atoms with van der Waals surface area (Å²) in [7, 11) is 1.07. The number of carbonyl (C=O) groups is 2. The molecule has 25 heavy (non-hydrogen) atoms. The van der Waals surface area contributed by atoms with Crippen LogP contribution in [-0.2, 0) is 9.05 Å². The molecule has 0 bridgehead atoms. The fraction of sp³-hybridized carbons (Fsp3) is 0.176. The Labute approximate surface area is 149 Å². The maximum Gasteiger partial charge on any atom is 0.335 e. The Bertz CT molecular complexity index is 906. The number of carboxylic acid groups (broad SMARTS) is 1. The zero-order chi connectivity index (χ0) is 18.6. The molecule has 0 unspecified atom stereocenters. The number of benzene rings is 2. The smallest absolute Gasteiger partial charge is 0.335 e. The number of carboxylic acids is 1. The highest BCUT2D eigenvalue weighted by Gasteiger charge is 2.28. The van der Waals surface area contributed by atoms with Crippen molar-refractivity contribution in [3.63, 3.8) is 0 Å². The number of halogens is 1. The number of carbonyl (C=O) groups excluding carboxylic acids is 1. The maximum absolute atomic E-state index is 12.8. The van der Waals surface area contributed by atoms with E-state index in [-0.39, 0.29) is 29.0 Å². The Balaban J connectivity index is 2.77. The summed E-state index contributed by atoms with van der Waals surface area (Å²) in [5, 5.41) is 9.19. The van der Waals surface area contributed by atoms with Crippen LogP contribution >= 0.6 is 10.7 Å². The number of hydrogen-bond donors (Lipinski definition) is 1. The van der Waals surface area contributed by atoms with E-state index in [1.54, 1.807) is 18.2 Å². The summed E-state index contributed by atoms with van der Waals surface area (Å²) in [4.78, 5) is 23.5. The van der Waals surface area contributed by atoms with Crippen LogP contribution < -0.4 is 4.74 Å². The number of ketones is 1. The molecule has 2 rings (SSSR count). The van der Waals surface area contributed by atoms with Gasteiger partial charge in [0.1, 0.15) is 5.75 Å². The highest BCUT2D eigenvalue weighted by molar-refractivity contribution is 8.13. The minimum absolute atomic E-state index is 0.130. The Morgan fingerprint density at radius 2 is 1.76 bits per heavy atom. The van der Waals surface area contributed by atoms with E-state index in [4.69, 9.17) is 15.4 Å². The first-order valence-corrected chi connectivity index (χ1v) is 9.65. The lowest BCUT2D eigenvalue weighted by molar-refractivity contribution is 0.0695. The van der Waals surface area contributed by atoms with Crippen molar-refractivity contribution >= 4 is 31.5 Å². The third-order valence-corrected chi connectivity index (χ3v) is 4.65. The second kappa shape index (κ2) is 7.67. The predicted molar refractivity (Wildman–Crippen MR) is 92.1 cm³/mol. The van der Waals surface area contributed by atoms with Crippen LogP contribution in [0.2, 0.25) is 0 Å². The van der Waals surface area contributed by atoms with Crippen molar-refractivity contribution in [2.75, 3.05) is 6.61 Å². The van der Waals surface area contributed by atoms with Gasteiger partial charge >= 0.3 is 5.97 Å². The maximum atomic E-state index is 12.8. The summed E-state index contributed by atoms with van der Waals surface area (Å²) >= 11 is 0. The molecule has 6 nitrogen and oxygen atoms in total. The predicted octanol–water partition coefficient (Wildman–Crippen LogP) is 3.33. The zero-order valence-electron chi connectivity index (χ0n) is 13.2. The van der Waals surface area contributed by atoms with E-state index in [1.807, 2.05) is 6.92 Å². The molecular formula is C17H15ClO6S. The standard InChI is InChI=1S/C17H15ClO6S/c1-2-8-24-13-9-12(17(20)21)10-14(25(18,22)23)15(13)16(19)11-6-4-3-5-7-11/h3-7,9-10H,2,8H2,1H3,(H,20,21). The molecule has 0 amide bonds. The Kier molecular flexibility index (Phi) is 5.81. The number of aromatic carboxylic acids is 1. The molecule has 1 N–H and O–H groups in total. The van der Waals surface area contributed by atoms with Gasteiger partial charge in [0, 0.05) is 16.2 Å². The van der Waals surface area contributed by atoms with Gasteiger partial charge in [-0.05, 0) is 18.6 Å². The fourth-order valence-electron chi connectivity index (χ4n) is 2.19. The first-order valence-electron chi connectivity index (χ1n) is 7.34. The summed E-state index contributed by atoms with van der Waals surface area (Å²) in [5.74, 6) is -2.11. The van der Waals surface area contributed by atoms with Crippen LogP contribution in [0.15, 0.2) is 47.4 Å². The van der Waals surface area contributed by atoms with Crippen LogP contribution in [0, 0.1) is 0 Å². The van der Waals surface area contributed by atoms with E-state index in [2.05, 4.69) is 0 Å². The van der Waals surface area contributed by atoms with Crippen molar-refractivity contribution < 1.29 is 27.9 Å². The van der Waals surface area contributed by atoms with Crippen LogP contribution in [0.3, 0.4) is 0 Å². The average molecular weight is 383 g/mol. The summed E-state index contributed by atoms with van der Waals surface area (Å²) < 4.78 is 29.4. The first kappa shape index (κ1) is 19.0. The molecule has 0 aliphatic carbocycles. The van der Waals surface area contributed by atoms with Crippen molar-refractivity contribution in [1.82, 2.24) is 0 Å². The molecule has 2 aromatic carbocycles. The van der Waals surface area contributed by atoms with Gasteiger partial charge in [-0.2, -0.15) is 0 Å². The average Bonchev–Trinajstić information content (AvgIpc) is 2.58. The van der Waals surface area contributed by atoms with E-state index in [0.29, 0.717) is 6.42 Å². The molecule has 0 fully saturated rings. The van der Waals surface area contributed by atoms with Crippen molar-refractivity contribution in [3.05, 3.63) is 59.2 Å². The lowest BCUT2D eigenvalue weighted by atomic mass is 10.0. The van der Waals surface area contributed by atoms with Gasteiger partial charge in [0.25, 0.3) is 9.05 Å². The van der Waals surface area contributed by atoms with Gasteiger partial charge in [-0.25, -0.2) is 13.2 Å². The largest absolute Gasteiger partial charge is 0.493 e. The first-order chi connectivity index (χ1) is 11.8. The molecule has 0 aliphatic rings. The van der Waals surface area contributed by atoms with Crippen LogP contribution in [-0.4, -0.2) is 31.9 Å². The second-order valence-corrected chi connectivity index (χ2v) is 7.67. The van der Waals surface area contributed by atoms with Gasteiger partial charge in [0.15, 0.2) is 5.78 Å². The lowest BCUT2D eigenvalue weighted by Crippen LogP contribution is -2.13. The minimum Gasteiger partial charge on any atom is -0.493 e. The molecule has 0 aromatic heterocycles. The summed E-state index contributed by atoms with van der Waals surface area (Å²) in [6, 6.07) is 9.97. The summed E-state index contributed by atoms with van der Waals surface area (Å²) in [6.45, 7) is 2.00. The highest BCUT2D eigenvalue weighted by atomic mass is 35.7. The topological polar surface area (TPSA) is 97.7 Å². The SMILES string of the molecule is CCCOc1cc(C(=O)O)cc(S(=O)(=O)Cl)c1C(=O)c1ccccc1. The van der Waals surface area contributed by atoms with E-state index in [9.17, 15) is 23.1 Å². The third kappa shape index (κ3) is 4.37. The molecule has 0 saturated heterocycles. The Morgan fingerprint density at radius 1 is 1.12 bits per heavy atom. The van der Waals surface area contributed by atoms with E-state index >= 15 is 0 Å². The quantitative estimate of drug-likeness (QED) is 0.582. The van der Waals surface area contributed by atoms with E-state index in [1.165, 1.54) is 12.1 Å². The number of hydrogen-bond acceptors (Lipinski definition) is 5.